The first kappa shape index (κ1) is 14.5. The minimum absolute atomic E-state index is 0.160. The van der Waals surface area contributed by atoms with Crippen molar-refractivity contribution in [2.75, 3.05) is 26.7 Å². The van der Waals surface area contributed by atoms with Gasteiger partial charge >= 0.3 is 0 Å². The Bertz CT molecular complexity index is 249. The monoisotopic (exact) mass is 241 g/mol. The van der Waals surface area contributed by atoms with E-state index in [-0.39, 0.29) is 11.3 Å². The van der Waals surface area contributed by atoms with Crippen molar-refractivity contribution < 1.29 is 4.79 Å². The molecule has 100 valence electrons. The summed E-state index contributed by atoms with van der Waals surface area (Å²) in [6, 6.07) is 0.465. The lowest BCUT2D eigenvalue weighted by Crippen LogP contribution is -2.37. The van der Waals surface area contributed by atoms with Gasteiger partial charge < -0.3 is 11.1 Å². The van der Waals surface area contributed by atoms with E-state index < -0.39 is 0 Å². The molecule has 0 aromatic rings. The van der Waals surface area contributed by atoms with E-state index in [1.807, 2.05) is 7.05 Å². The van der Waals surface area contributed by atoms with Crippen LogP contribution in [0, 0.1) is 5.41 Å². The van der Waals surface area contributed by atoms with Crippen molar-refractivity contribution in [2.45, 2.75) is 45.6 Å². The van der Waals surface area contributed by atoms with Gasteiger partial charge in [0.1, 0.15) is 0 Å². The van der Waals surface area contributed by atoms with Gasteiger partial charge in [-0.1, -0.05) is 13.8 Å². The van der Waals surface area contributed by atoms with Gasteiger partial charge in [0.25, 0.3) is 0 Å². The van der Waals surface area contributed by atoms with Crippen LogP contribution in [0.3, 0.4) is 0 Å². The normalized spacial score (nSPS) is 16.3. The summed E-state index contributed by atoms with van der Waals surface area (Å²) in [6.45, 7) is 6.57. The molecule has 0 heterocycles. The second-order valence-electron chi connectivity index (χ2n) is 6.05. The maximum atomic E-state index is 11.5. The Morgan fingerprint density at radius 1 is 1.47 bits per heavy atom. The number of rotatable bonds is 8. The van der Waals surface area contributed by atoms with Gasteiger partial charge in [0, 0.05) is 6.04 Å². The third-order valence-corrected chi connectivity index (χ3v) is 3.30. The first-order valence-electron chi connectivity index (χ1n) is 6.61. The summed E-state index contributed by atoms with van der Waals surface area (Å²) in [5, 5.41) is 3.00. The Morgan fingerprint density at radius 2 is 2.12 bits per heavy atom. The highest BCUT2D eigenvalue weighted by atomic mass is 16.2. The zero-order valence-corrected chi connectivity index (χ0v) is 11.5. The summed E-state index contributed by atoms with van der Waals surface area (Å²) >= 11 is 0. The highest BCUT2D eigenvalue weighted by Crippen LogP contribution is 2.20. The predicted octanol–water partition coefficient (Wildman–Crippen LogP) is 0.962. The molecule has 1 aliphatic rings. The Hall–Kier alpha value is -0.610. The van der Waals surface area contributed by atoms with Crippen molar-refractivity contribution in [1.82, 2.24) is 10.2 Å². The van der Waals surface area contributed by atoms with Crippen molar-refractivity contribution in [3.05, 3.63) is 0 Å². The van der Waals surface area contributed by atoms with Crippen LogP contribution >= 0.6 is 0 Å². The minimum atomic E-state index is 0.160. The number of nitrogens with two attached hydrogens (primary N) is 1. The Labute approximate surface area is 105 Å². The molecule has 1 saturated carbocycles. The van der Waals surface area contributed by atoms with Gasteiger partial charge in [-0.25, -0.2) is 0 Å². The van der Waals surface area contributed by atoms with Gasteiger partial charge in [-0.2, -0.15) is 0 Å². The second-order valence-corrected chi connectivity index (χ2v) is 6.05. The van der Waals surface area contributed by atoms with Gasteiger partial charge in [-0.3, -0.25) is 9.69 Å². The number of likely N-dealkylation sites (N-methyl/N-ethyl adjacent to an activating group) is 1. The van der Waals surface area contributed by atoms with Crippen LogP contribution in [0.5, 0.6) is 0 Å². The molecule has 3 N–H and O–H groups in total. The summed E-state index contributed by atoms with van der Waals surface area (Å²) in [4.78, 5) is 13.6. The number of carbonyl (C=O) groups excluding carboxylic acids is 1. The average Bonchev–Trinajstić information content (AvgIpc) is 3.01. The predicted molar refractivity (Wildman–Crippen MR) is 70.7 cm³/mol. The Balaban J connectivity index is 2.07. The van der Waals surface area contributed by atoms with E-state index >= 15 is 0 Å². The molecule has 0 unspecified atom stereocenters. The van der Waals surface area contributed by atoms with Gasteiger partial charge in [0.2, 0.25) is 5.91 Å². The molecule has 0 bridgehead atoms. The number of nitrogens with one attached hydrogen (secondary N) is 1. The largest absolute Gasteiger partial charge is 0.352 e. The van der Waals surface area contributed by atoms with Crippen molar-refractivity contribution in [2.24, 2.45) is 11.1 Å². The molecule has 1 fully saturated rings. The topological polar surface area (TPSA) is 58.4 Å². The molecule has 1 rings (SSSR count). The zero-order valence-electron chi connectivity index (χ0n) is 11.5. The van der Waals surface area contributed by atoms with Gasteiger partial charge in [-0.05, 0) is 51.2 Å². The standard InChI is InChI=1S/C13H27N3O/c1-13(2,10-14)7-4-8-16(3)9-12(17)15-11-5-6-11/h11H,4-10,14H2,1-3H3,(H,15,17). The third kappa shape index (κ3) is 6.64. The van der Waals surface area contributed by atoms with Crippen LogP contribution in [-0.4, -0.2) is 43.5 Å². The molecule has 4 heteroatoms. The lowest BCUT2D eigenvalue weighted by atomic mass is 9.88. The van der Waals surface area contributed by atoms with Crippen molar-refractivity contribution in [3.63, 3.8) is 0 Å². The van der Waals surface area contributed by atoms with E-state index in [4.69, 9.17) is 5.73 Å². The maximum Gasteiger partial charge on any atom is 0.234 e. The fourth-order valence-corrected chi connectivity index (χ4v) is 1.75. The molecule has 4 nitrogen and oxygen atoms in total. The van der Waals surface area contributed by atoms with E-state index in [1.54, 1.807) is 0 Å². The van der Waals surface area contributed by atoms with Crippen LogP contribution in [0.4, 0.5) is 0 Å². The van der Waals surface area contributed by atoms with Crippen LogP contribution in [0.1, 0.15) is 39.5 Å². The van der Waals surface area contributed by atoms with E-state index in [1.165, 1.54) is 0 Å². The van der Waals surface area contributed by atoms with Gasteiger partial charge in [-0.15, -0.1) is 0 Å². The Morgan fingerprint density at radius 3 is 2.65 bits per heavy atom. The smallest absolute Gasteiger partial charge is 0.234 e. The molecular formula is C13H27N3O. The number of hydrogen-bond acceptors (Lipinski definition) is 3. The summed E-state index contributed by atoms with van der Waals surface area (Å²) < 4.78 is 0. The number of amides is 1. The van der Waals surface area contributed by atoms with E-state index in [0.717, 1.165) is 38.8 Å². The van der Waals surface area contributed by atoms with Crippen LogP contribution < -0.4 is 11.1 Å². The first-order valence-corrected chi connectivity index (χ1v) is 6.61. The SMILES string of the molecule is CN(CCCC(C)(C)CN)CC(=O)NC1CC1. The van der Waals surface area contributed by atoms with Crippen LogP contribution in [0.15, 0.2) is 0 Å². The third-order valence-electron chi connectivity index (χ3n) is 3.30. The summed E-state index contributed by atoms with van der Waals surface area (Å²) in [5.74, 6) is 0.160. The molecule has 1 aliphatic carbocycles. The summed E-state index contributed by atoms with van der Waals surface area (Å²) in [5.41, 5.74) is 5.91. The van der Waals surface area contributed by atoms with Gasteiger partial charge in [0.15, 0.2) is 0 Å². The van der Waals surface area contributed by atoms with Crippen LogP contribution in [-0.2, 0) is 4.79 Å². The number of nitrogens with zero attached hydrogens (tertiary/aromatic N) is 1. The Kier molecular flexibility index (Phi) is 5.40. The molecule has 1 amide bonds. The van der Waals surface area contributed by atoms with Crippen molar-refractivity contribution in [3.8, 4) is 0 Å². The molecule has 0 aromatic heterocycles. The molecule has 0 saturated heterocycles. The molecule has 0 spiro atoms. The van der Waals surface area contributed by atoms with E-state index in [0.29, 0.717) is 12.6 Å². The van der Waals surface area contributed by atoms with E-state index in [9.17, 15) is 4.79 Å². The second kappa shape index (κ2) is 6.36. The zero-order chi connectivity index (χ0) is 12.9. The van der Waals surface area contributed by atoms with Crippen molar-refractivity contribution >= 4 is 5.91 Å². The summed E-state index contributed by atoms with van der Waals surface area (Å²) in [6.07, 6.45) is 4.51. The van der Waals surface area contributed by atoms with Gasteiger partial charge in [0.05, 0.1) is 6.54 Å². The first-order chi connectivity index (χ1) is 7.93. The number of carbonyl (C=O) groups is 1. The highest BCUT2D eigenvalue weighted by Gasteiger charge is 2.23. The maximum absolute atomic E-state index is 11.5. The van der Waals surface area contributed by atoms with E-state index in [2.05, 4.69) is 24.1 Å². The molecule has 0 atom stereocenters. The molecule has 17 heavy (non-hydrogen) atoms. The van der Waals surface area contributed by atoms with Crippen LogP contribution in [0.25, 0.3) is 0 Å². The average molecular weight is 241 g/mol. The lowest BCUT2D eigenvalue weighted by Gasteiger charge is -2.24. The summed E-state index contributed by atoms with van der Waals surface area (Å²) in [7, 11) is 2.00. The van der Waals surface area contributed by atoms with Crippen LogP contribution in [0.2, 0.25) is 0 Å². The fourth-order valence-electron chi connectivity index (χ4n) is 1.75. The van der Waals surface area contributed by atoms with Crippen molar-refractivity contribution in [1.29, 1.82) is 0 Å². The molecule has 0 aliphatic heterocycles. The lowest BCUT2D eigenvalue weighted by molar-refractivity contribution is -0.122. The molecule has 0 radical (unpaired) electrons. The highest BCUT2D eigenvalue weighted by molar-refractivity contribution is 5.78. The quantitative estimate of drug-likeness (QED) is 0.665. The molecule has 0 aromatic carbocycles. The minimum Gasteiger partial charge on any atom is -0.352 e. The number of hydrogen-bond donors (Lipinski definition) is 2. The molecular weight excluding hydrogens is 214 g/mol. The fraction of sp³-hybridized carbons (Fsp3) is 0.923.